The van der Waals surface area contributed by atoms with Gasteiger partial charge in [-0.25, -0.2) is 0 Å². The minimum Gasteiger partial charge on any atom is -0.180 e. The molecule has 0 amide bonds. The van der Waals surface area contributed by atoms with Gasteiger partial charge in [-0.3, -0.25) is 0 Å². The average molecular weight is 317 g/mol. The summed E-state index contributed by atoms with van der Waals surface area (Å²) in [6.07, 6.45) is 0. The van der Waals surface area contributed by atoms with Gasteiger partial charge >= 0.3 is 21.1 Å². The molecule has 0 bridgehead atoms. The molecule has 0 aromatic heterocycles. The van der Waals surface area contributed by atoms with Crippen LogP contribution >= 0.6 is 0 Å². The molecule has 0 aliphatic heterocycles. The van der Waals surface area contributed by atoms with E-state index in [1.807, 2.05) is 12.1 Å². The number of hydrogen-bond acceptors (Lipinski definition) is 0. The Bertz CT molecular complexity index is 216. The summed E-state index contributed by atoms with van der Waals surface area (Å²) < 4.78 is 0. The van der Waals surface area contributed by atoms with Crippen molar-refractivity contribution in [3.05, 3.63) is 35.4 Å². The molecule has 0 spiro atoms. The van der Waals surface area contributed by atoms with Gasteiger partial charge in [0.25, 0.3) is 0 Å². The first-order valence-electron chi connectivity index (χ1n) is 3.69. The molecule has 0 aliphatic rings. The Morgan fingerprint density at radius 1 is 1.36 bits per heavy atom. The zero-order valence-electron chi connectivity index (χ0n) is 7.22. The van der Waals surface area contributed by atoms with Crippen LogP contribution in [-0.4, -0.2) is 0 Å². The molecule has 1 heteroatoms. The minimum absolute atomic E-state index is 0. The second-order valence-electron chi connectivity index (χ2n) is 2.92. The molecule has 0 saturated heterocycles. The SMILES string of the molecule is Cc1ccc[c-]c1C(C)C.[W+2]. The van der Waals surface area contributed by atoms with E-state index in [1.165, 1.54) is 11.1 Å². The maximum atomic E-state index is 3.24. The first kappa shape index (κ1) is 10.9. The van der Waals surface area contributed by atoms with E-state index < -0.39 is 0 Å². The molecule has 1 aromatic rings. The van der Waals surface area contributed by atoms with Crippen molar-refractivity contribution in [2.75, 3.05) is 0 Å². The normalized spacial score (nSPS) is 9.45. The maximum absolute atomic E-state index is 3.24. The molecule has 1 rings (SSSR count). The van der Waals surface area contributed by atoms with E-state index in [4.69, 9.17) is 0 Å². The molecule has 0 unspecified atom stereocenters. The first-order valence-corrected chi connectivity index (χ1v) is 3.69. The predicted molar refractivity (Wildman–Crippen MR) is 44.1 cm³/mol. The van der Waals surface area contributed by atoms with Gasteiger partial charge in [0.05, 0.1) is 0 Å². The van der Waals surface area contributed by atoms with E-state index in [0.29, 0.717) is 5.92 Å². The van der Waals surface area contributed by atoms with E-state index in [1.54, 1.807) is 0 Å². The molecule has 0 radical (unpaired) electrons. The van der Waals surface area contributed by atoms with Crippen molar-refractivity contribution in [2.45, 2.75) is 26.7 Å². The Hall–Kier alpha value is -0.0917. The topological polar surface area (TPSA) is 0 Å². The number of rotatable bonds is 1. The minimum atomic E-state index is 0. The van der Waals surface area contributed by atoms with Crippen LogP contribution in [-0.2, 0) is 21.1 Å². The predicted octanol–water partition coefficient (Wildman–Crippen LogP) is 2.92. The monoisotopic (exact) mass is 317 g/mol. The molecule has 1 aromatic carbocycles. The van der Waals surface area contributed by atoms with Crippen LogP contribution in [0.2, 0.25) is 0 Å². The van der Waals surface area contributed by atoms with Crippen molar-refractivity contribution in [2.24, 2.45) is 0 Å². The second-order valence-corrected chi connectivity index (χ2v) is 2.92. The Balaban J connectivity index is 0.000001000. The van der Waals surface area contributed by atoms with Gasteiger partial charge in [-0.1, -0.05) is 20.8 Å². The molecule has 0 aliphatic carbocycles. The summed E-state index contributed by atoms with van der Waals surface area (Å²) in [5.74, 6) is 0.598. The fourth-order valence-electron chi connectivity index (χ4n) is 1.16. The van der Waals surface area contributed by atoms with Crippen LogP contribution in [0.1, 0.15) is 30.9 Å². The zero-order valence-corrected chi connectivity index (χ0v) is 10.2. The van der Waals surface area contributed by atoms with Gasteiger partial charge in [-0.2, -0.15) is 35.4 Å². The van der Waals surface area contributed by atoms with Crippen LogP contribution in [0.5, 0.6) is 0 Å². The van der Waals surface area contributed by atoms with Crippen molar-refractivity contribution in [1.82, 2.24) is 0 Å². The summed E-state index contributed by atoms with van der Waals surface area (Å²) in [5, 5.41) is 0. The van der Waals surface area contributed by atoms with E-state index in [-0.39, 0.29) is 21.1 Å². The van der Waals surface area contributed by atoms with Crippen molar-refractivity contribution in [3.8, 4) is 0 Å². The Morgan fingerprint density at radius 2 is 2.00 bits per heavy atom. The Labute approximate surface area is 83.3 Å². The van der Waals surface area contributed by atoms with Gasteiger partial charge in [0, 0.05) is 0 Å². The smallest absolute Gasteiger partial charge is 0.180 e. The van der Waals surface area contributed by atoms with Crippen molar-refractivity contribution < 1.29 is 21.1 Å². The average Bonchev–Trinajstić information content (AvgIpc) is 1.88. The fourth-order valence-corrected chi connectivity index (χ4v) is 1.16. The summed E-state index contributed by atoms with van der Waals surface area (Å²) >= 11 is 0. The quantitative estimate of drug-likeness (QED) is 0.699. The fraction of sp³-hybridized carbons (Fsp3) is 0.400. The van der Waals surface area contributed by atoms with Crippen LogP contribution in [0, 0.1) is 13.0 Å². The summed E-state index contributed by atoms with van der Waals surface area (Å²) in [6, 6.07) is 9.37. The van der Waals surface area contributed by atoms with E-state index in [9.17, 15) is 0 Å². The third kappa shape index (κ3) is 2.79. The summed E-state index contributed by atoms with van der Waals surface area (Å²) in [5.41, 5.74) is 2.68. The molecule has 0 nitrogen and oxygen atoms in total. The van der Waals surface area contributed by atoms with Crippen molar-refractivity contribution >= 4 is 0 Å². The van der Waals surface area contributed by atoms with Gasteiger partial charge in [0.2, 0.25) is 0 Å². The number of benzene rings is 1. The van der Waals surface area contributed by atoms with E-state index in [2.05, 4.69) is 32.9 Å². The molecule has 0 N–H and O–H groups in total. The van der Waals surface area contributed by atoms with Crippen LogP contribution in [0.3, 0.4) is 0 Å². The summed E-state index contributed by atoms with van der Waals surface area (Å²) in [4.78, 5) is 0. The first-order chi connectivity index (χ1) is 4.72. The van der Waals surface area contributed by atoms with E-state index >= 15 is 0 Å². The van der Waals surface area contributed by atoms with Crippen molar-refractivity contribution in [3.63, 3.8) is 0 Å². The molecular formula is C10H13W+. The molecule has 58 valence electrons. The standard InChI is InChI=1S/C10H13.W/c1-8(2)10-7-5-4-6-9(10)3;/h4-6,8H,1-3H3;/q-1;+2. The van der Waals surface area contributed by atoms with Crippen LogP contribution in [0.4, 0.5) is 0 Å². The van der Waals surface area contributed by atoms with Gasteiger partial charge in [-0.15, -0.1) is 0 Å². The van der Waals surface area contributed by atoms with Gasteiger partial charge in [-0.05, 0) is 5.92 Å². The number of hydrogen-bond donors (Lipinski definition) is 0. The molecule has 11 heavy (non-hydrogen) atoms. The van der Waals surface area contributed by atoms with Gasteiger partial charge in [0.15, 0.2) is 0 Å². The third-order valence-corrected chi connectivity index (χ3v) is 1.68. The number of aryl methyl sites for hydroxylation is 1. The van der Waals surface area contributed by atoms with E-state index in [0.717, 1.165) is 0 Å². The Morgan fingerprint density at radius 3 is 2.36 bits per heavy atom. The van der Waals surface area contributed by atoms with Gasteiger partial charge in [0.1, 0.15) is 0 Å². The molecule has 0 saturated carbocycles. The maximum Gasteiger partial charge on any atom is 2.00 e. The third-order valence-electron chi connectivity index (χ3n) is 1.68. The largest absolute Gasteiger partial charge is 2.00 e. The second kappa shape index (κ2) is 4.72. The van der Waals surface area contributed by atoms with Gasteiger partial charge < -0.3 is 0 Å². The summed E-state index contributed by atoms with van der Waals surface area (Å²) in [6.45, 7) is 6.52. The van der Waals surface area contributed by atoms with Crippen LogP contribution in [0.25, 0.3) is 0 Å². The molecular weight excluding hydrogens is 304 g/mol. The van der Waals surface area contributed by atoms with Crippen LogP contribution < -0.4 is 0 Å². The molecule has 0 atom stereocenters. The molecule has 0 fully saturated rings. The zero-order chi connectivity index (χ0) is 7.56. The molecule has 0 heterocycles. The Kier molecular flexibility index (Phi) is 4.68. The van der Waals surface area contributed by atoms with Crippen molar-refractivity contribution in [1.29, 1.82) is 0 Å². The van der Waals surface area contributed by atoms with Crippen LogP contribution in [0.15, 0.2) is 18.2 Å². The summed E-state index contributed by atoms with van der Waals surface area (Å²) in [7, 11) is 0.